The molecule has 0 fully saturated rings. The van der Waals surface area contributed by atoms with Crippen molar-refractivity contribution in [1.29, 1.82) is 0 Å². The fourth-order valence-corrected chi connectivity index (χ4v) is 1.85. The van der Waals surface area contributed by atoms with Crippen molar-refractivity contribution in [2.24, 2.45) is 0 Å². The van der Waals surface area contributed by atoms with Gasteiger partial charge in [-0.15, -0.1) is 0 Å². The summed E-state index contributed by atoms with van der Waals surface area (Å²) in [5.74, 6) is 0.625. The quantitative estimate of drug-likeness (QED) is 0.880. The number of hydrogen-bond acceptors (Lipinski definition) is 4. The Morgan fingerprint density at radius 2 is 1.83 bits per heavy atom. The van der Waals surface area contributed by atoms with E-state index in [0.29, 0.717) is 26.5 Å². The lowest BCUT2D eigenvalue weighted by Crippen LogP contribution is -2.02. The molecule has 0 saturated carbocycles. The molecule has 1 aromatic carbocycles. The van der Waals surface area contributed by atoms with E-state index in [9.17, 15) is 0 Å². The molecule has 2 aromatic rings. The summed E-state index contributed by atoms with van der Waals surface area (Å²) in [6.07, 6.45) is 1.55. The van der Waals surface area contributed by atoms with Gasteiger partial charge in [-0.3, -0.25) is 0 Å². The van der Waals surface area contributed by atoms with Crippen LogP contribution in [-0.4, -0.2) is 9.97 Å². The Labute approximate surface area is 119 Å². The second-order valence-corrected chi connectivity index (χ2v) is 4.61. The van der Waals surface area contributed by atoms with Crippen molar-refractivity contribution in [3.63, 3.8) is 0 Å². The highest BCUT2D eigenvalue weighted by Crippen LogP contribution is 2.34. The molecule has 0 amide bonds. The number of nitrogens with zero attached hydrogens (tertiary/aromatic N) is 2. The first-order valence-electron chi connectivity index (χ1n) is 4.91. The van der Waals surface area contributed by atoms with Crippen molar-refractivity contribution >= 4 is 40.8 Å². The Balaban J connectivity index is 2.13. The third-order valence-electron chi connectivity index (χ3n) is 2.08. The topological polar surface area (TPSA) is 61.0 Å². The average Bonchev–Trinajstić information content (AvgIpc) is 2.32. The lowest BCUT2D eigenvalue weighted by atomic mass is 10.3. The predicted molar refractivity (Wildman–Crippen MR) is 72.2 cm³/mol. The minimum Gasteiger partial charge on any atom is -0.486 e. The minimum atomic E-state index is 0.191. The predicted octanol–water partition coefficient (Wildman–Crippen LogP) is 3.60. The first kappa shape index (κ1) is 13.2. The van der Waals surface area contributed by atoms with Gasteiger partial charge in [0, 0.05) is 12.3 Å². The third-order valence-corrected chi connectivity index (χ3v) is 3.10. The van der Waals surface area contributed by atoms with E-state index in [-0.39, 0.29) is 12.6 Å². The largest absolute Gasteiger partial charge is 0.486 e. The zero-order valence-electron chi connectivity index (χ0n) is 9.03. The van der Waals surface area contributed by atoms with E-state index in [1.54, 1.807) is 18.3 Å². The van der Waals surface area contributed by atoms with Crippen LogP contribution in [0.5, 0.6) is 5.75 Å². The van der Waals surface area contributed by atoms with E-state index in [4.69, 9.17) is 45.3 Å². The number of ether oxygens (including phenoxy) is 1. The Morgan fingerprint density at radius 1 is 1.11 bits per heavy atom. The Hall–Kier alpha value is -1.23. The minimum absolute atomic E-state index is 0.191. The van der Waals surface area contributed by atoms with Crippen LogP contribution >= 0.6 is 34.8 Å². The number of rotatable bonds is 3. The van der Waals surface area contributed by atoms with Gasteiger partial charge < -0.3 is 10.5 Å². The Kier molecular flexibility index (Phi) is 4.11. The first-order chi connectivity index (χ1) is 8.56. The molecule has 0 aliphatic rings. The zero-order valence-corrected chi connectivity index (χ0v) is 11.3. The Bertz CT molecular complexity index is 577. The van der Waals surface area contributed by atoms with Crippen LogP contribution < -0.4 is 10.5 Å². The third kappa shape index (κ3) is 3.16. The van der Waals surface area contributed by atoms with Gasteiger partial charge in [0.05, 0.1) is 20.8 Å². The maximum absolute atomic E-state index is 5.97. The van der Waals surface area contributed by atoms with Gasteiger partial charge in [0.1, 0.15) is 12.4 Å². The molecule has 1 aromatic heterocycles. The highest BCUT2D eigenvalue weighted by atomic mass is 35.5. The van der Waals surface area contributed by atoms with Gasteiger partial charge in [-0.05, 0) is 12.1 Å². The molecule has 2 N–H and O–H groups in total. The molecule has 94 valence electrons. The lowest BCUT2D eigenvalue weighted by molar-refractivity contribution is 0.301. The van der Waals surface area contributed by atoms with Crippen LogP contribution in [-0.2, 0) is 6.61 Å². The zero-order chi connectivity index (χ0) is 13.1. The average molecular weight is 305 g/mol. The van der Waals surface area contributed by atoms with E-state index in [1.807, 2.05) is 0 Å². The molecule has 1 heterocycles. The van der Waals surface area contributed by atoms with Crippen molar-refractivity contribution in [2.45, 2.75) is 6.61 Å². The number of anilines is 1. The molecule has 0 spiro atoms. The molecule has 0 atom stereocenters. The van der Waals surface area contributed by atoms with Crippen molar-refractivity contribution in [2.75, 3.05) is 5.73 Å². The maximum Gasteiger partial charge on any atom is 0.220 e. The fourth-order valence-electron chi connectivity index (χ4n) is 1.26. The molecule has 7 heteroatoms. The second-order valence-electron chi connectivity index (χ2n) is 3.39. The van der Waals surface area contributed by atoms with Gasteiger partial charge in [-0.1, -0.05) is 34.8 Å². The van der Waals surface area contributed by atoms with Crippen LogP contribution in [0.4, 0.5) is 5.95 Å². The molecule has 0 bridgehead atoms. The van der Waals surface area contributed by atoms with Gasteiger partial charge in [0.2, 0.25) is 5.95 Å². The summed E-state index contributed by atoms with van der Waals surface area (Å²) in [6.45, 7) is 0.213. The molecule has 0 saturated heterocycles. The summed E-state index contributed by atoms with van der Waals surface area (Å²) in [6, 6.07) is 4.77. The lowest BCUT2D eigenvalue weighted by Gasteiger charge is -2.09. The van der Waals surface area contributed by atoms with Gasteiger partial charge in [0.15, 0.2) is 0 Å². The molecule has 0 radical (unpaired) electrons. The normalized spacial score (nSPS) is 10.4. The summed E-state index contributed by atoms with van der Waals surface area (Å²) in [5, 5.41) is 1.13. The smallest absolute Gasteiger partial charge is 0.220 e. The number of nitrogen functional groups attached to an aromatic ring is 1. The molecular weight excluding hydrogens is 296 g/mol. The van der Waals surface area contributed by atoms with E-state index in [2.05, 4.69) is 9.97 Å². The number of aromatic nitrogens is 2. The number of nitrogens with two attached hydrogens (primary N) is 1. The SMILES string of the molecule is Nc1nccc(COc2cc(Cl)c(Cl)cc2Cl)n1. The highest BCUT2D eigenvalue weighted by Gasteiger charge is 2.07. The molecule has 4 nitrogen and oxygen atoms in total. The van der Waals surface area contributed by atoms with E-state index in [1.165, 1.54) is 6.07 Å². The molecular formula is C11H8Cl3N3O. The summed E-state index contributed by atoms with van der Waals surface area (Å²) in [5.41, 5.74) is 6.10. The standard InChI is InChI=1S/C11H8Cl3N3O/c12-7-3-9(14)10(4-8(7)13)18-5-6-1-2-16-11(15)17-6/h1-4H,5H2,(H2,15,16,17). The van der Waals surface area contributed by atoms with Crippen molar-refractivity contribution in [3.05, 3.63) is 45.2 Å². The van der Waals surface area contributed by atoms with Gasteiger partial charge in [-0.2, -0.15) is 0 Å². The van der Waals surface area contributed by atoms with Crippen LogP contribution in [0.15, 0.2) is 24.4 Å². The summed E-state index contributed by atoms with van der Waals surface area (Å²) >= 11 is 17.7. The highest BCUT2D eigenvalue weighted by molar-refractivity contribution is 6.43. The summed E-state index contributed by atoms with van der Waals surface area (Å²) in [7, 11) is 0. The fraction of sp³-hybridized carbons (Fsp3) is 0.0909. The number of hydrogen-bond donors (Lipinski definition) is 1. The van der Waals surface area contributed by atoms with Gasteiger partial charge in [0.25, 0.3) is 0 Å². The Morgan fingerprint density at radius 3 is 2.56 bits per heavy atom. The second kappa shape index (κ2) is 5.61. The van der Waals surface area contributed by atoms with Crippen molar-refractivity contribution < 1.29 is 4.74 Å². The van der Waals surface area contributed by atoms with E-state index < -0.39 is 0 Å². The van der Waals surface area contributed by atoms with Crippen molar-refractivity contribution in [3.8, 4) is 5.75 Å². The first-order valence-corrected chi connectivity index (χ1v) is 6.04. The molecule has 2 rings (SSSR count). The van der Waals surface area contributed by atoms with Crippen LogP contribution in [0.3, 0.4) is 0 Å². The van der Waals surface area contributed by atoms with Gasteiger partial charge >= 0.3 is 0 Å². The van der Waals surface area contributed by atoms with E-state index >= 15 is 0 Å². The van der Waals surface area contributed by atoms with Crippen molar-refractivity contribution in [1.82, 2.24) is 9.97 Å². The number of halogens is 3. The van der Waals surface area contributed by atoms with Crippen LogP contribution in [0.1, 0.15) is 5.69 Å². The molecule has 18 heavy (non-hydrogen) atoms. The number of benzene rings is 1. The van der Waals surface area contributed by atoms with Gasteiger partial charge in [-0.25, -0.2) is 9.97 Å². The molecule has 0 aliphatic carbocycles. The molecule has 0 unspecified atom stereocenters. The monoisotopic (exact) mass is 303 g/mol. The van der Waals surface area contributed by atoms with Crippen LogP contribution in [0.25, 0.3) is 0 Å². The van der Waals surface area contributed by atoms with Crippen LogP contribution in [0, 0.1) is 0 Å². The molecule has 0 aliphatic heterocycles. The maximum atomic E-state index is 5.97. The van der Waals surface area contributed by atoms with Crippen LogP contribution in [0.2, 0.25) is 15.1 Å². The van der Waals surface area contributed by atoms with E-state index in [0.717, 1.165) is 0 Å². The summed E-state index contributed by atoms with van der Waals surface area (Å²) in [4.78, 5) is 7.78. The summed E-state index contributed by atoms with van der Waals surface area (Å²) < 4.78 is 5.49.